The van der Waals surface area contributed by atoms with Crippen LogP contribution in [0, 0.1) is 10.1 Å². The first-order valence-corrected chi connectivity index (χ1v) is 6.12. The molecule has 0 aliphatic heterocycles. The fourth-order valence-corrected chi connectivity index (χ4v) is 1.76. The average Bonchev–Trinajstić information content (AvgIpc) is 2.35. The number of alkyl halides is 1. The molecular weight excluding hydrogens is 295 g/mol. The molecule has 8 heteroatoms. The van der Waals surface area contributed by atoms with Gasteiger partial charge in [0.1, 0.15) is 5.56 Å². The highest BCUT2D eigenvalue weighted by Crippen LogP contribution is 2.22. The van der Waals surface area contributed by atoms with Gasteiger partial charge < -0.3 is 10.1 Å². The van der Waals surface area contributed by atoms with Crippen molar-refractivity contribution in [2.24, 2.45) is 0 Å². The van der Waals surface area contributed by atoms with Crippen molar-refractivity contribution in [1.82, 2.24) is 5.32 Å². The van der Waals surface area contributed by atoms with Crippen LogP contribution in [0.1, 0.15) is 10.4 Å². The van der Waals surface area contributed by atoms with Gasteiger partial charge in [0.25, 0.3) is 11.6 Å². The third-order valence-corrected chi connectivity index (χ3v) is 2.75. The first-order valence-electron chi connectivity index (χ1n) is 5.31. The molecule has 0 aliphatic rings. The third-order valence-electron chi connectivity index (χ3n) is 2.23. The van der Waals surface area contributed by atoms with E-state index in [9.17, 15) is 14.9 Å². The summed E-state index contributed by atoms with van der Waals surface area (Å²) < 4.78 is 4.81. The van der Waals surface area contributed by atoms with Crippen molar-refractivity contribution < 1.29 is 14.5 Å². The minimum absolute atomic E-state index is 0.0983. The smallest absolute Gasteiger partial charge is 0.282 e. The minimum atomic E-state index is -0.640. The lowest BCUT2D eigenvalue weighted by molar-refractivity contribution is -0.385. The molecule has 1 aromatic rings. The largest absolute Gasteiger partial charge is 0.383 e. The van der Waals surface area contributed by atoms with Gasteiger partial charge in [-0.25, -0.2) is 0 Å². The minimum Gasteiger partial charge on any atom is -0.383 e. The normalized spacial score (nSPS) is 11.9. The molecule has 1 unspecified atom stereocenters. The lowest BCUT2D eigenvalue weighted by Gasteiger charge is -2.10. The molecule has 1 rings (SSSR count). The number of carbonyl (C=O) groups excluding carboxylic acids is 1. The maximum Gasteiger partial charge on any atom is 0.282 e. The Morgan fingerprint density at radius 3 is 2.84 bits per heavy atom. The van der Waals surface area contributed by atoms with Crippen LogP contribution in [-0.4, -0.2) is 36.5 Å². The van der Waals surface area contributed by atoms with Crippen LogP contribution in [-0.2, 0) is 4.74 Å². The van der Waals surface area contributed by atoms with Crippen LogP contribution in [0.4, 0.5) is 5.69 Å². The number of nitro groups is 1. The molecule has 0 bridgehead atoms. The zero-order valence-electron chi connectivity index (χ0n) is 10.1. The van der Waals surface area contributed by atoms with Gasteiger partial charge in [0, 0.05) is 24.7 Å². The van der Waals surface area contributed by atoms with Crippen LogP contribution < -0.4 is 5.32 Å². The van der Waals surface area contributed by atoms with Crippen LogP contribution in [0.5, 0.6) is 0 Å². The summed E-state index contributed by atoms with van der Waals surface area (Å²) in [5.74, 6) is -0.601. The van der Waals surface area contributed by atoms with E-state index >= 15 is 0 Å². The van der Waals surface area contributed by atoms with Crippen LogP contribution in [0.25, 0.3) is 0 Å². The number of nitrogens with one attached hydrogen (secondary N) is 1. The molecule has 0 aromatic heterocycles. The Bertz CT molecular complexity index is 482. The molecule has 0 aliphatic carbocycles. The summed E-state index contributed by atoms with van der Waals surface area (Å²) in [6.45, 7) is 0.400. The number of carbonyl (C=O) groups is 1. The number of halogens is 2. The molecule has 0 saturated heterocycles. The molecular formula is C11H12Cl2N2O4. The SMILES string of the molecule is COCC(Cl)CNC(=O)c1cc(Cl)ccc1[N+](=O)[O-]. The van der Waals surface area contributed by atoms with E-state index < -0.39 is 16.2 Å². The standard InChI is InChI=1S/C11H12Cl2N2O4/c1-19-6-8(13)5-14-11(16)9-4-7(12)2-3-10(9)15(17)18/h2-4,8H,5-6H2,1H3,(H,14,16). The first kappa shape index (κ1) is 15.7. The van der Waals surface area contributed by atoms with Gasteiger partial charge >= 0.3 is 0 Å². The molecule has 6 nitrogen and oxygen atoms in total. The number of nitro benzene ring substituents is 1. The van der Waals surface area contributed by atoms with E-state index in [4.69, 9.17) is 27.9 Å². The van der Waals surface area contributed by atoms with Crippen molar-refractivity contribution in [1.29, 1.82) is 0 Å². The number of methoxy groups -OCH3 is 1. The van der Waals surface area contributed by atoms with Crippen molar-refractivity contribution in [3.63, 3.8) is 0 Å². The van der Waals surface area contributed by atoms with Gasteiger partial charge in [-0.1, -0.05) is 11.6 Å². The molecule has 0 fully saturated rings. The summed E-state index contributed by atoms with van der Waals surface area (Å²) in [6.07, 6.45) is 0. The van der Waals surface area contributed by atoms with E-state index in [1.807, 2.05) is 0 Å². The predicted molar refractivity (Wildman–Crippen MR) is 72.0 cm³/mol. The highest BCUT2D eigenvalue weighted by Gasteiger charge is 2.20. The Hall–Kier alpha value is -1.37. The highest BCUT2D eigenvalue weighted by molar-refractivity contribution is 6.31. The van der Waals surface area contributed by atoms with Crippen molar-refractivity contribution in [3.05, 3.63) is 38.9 Å². The Balaban J connectivity index is 2.81. The van der Waals surface area contributed by atoms with Gasteiger partial charge in [0.15, 0.2) is 0 Å². The summed E-state index contributed by atoms with van der Waals surface area (Å²) in [4.78, 5) is 22.0. The van der Waals surface area contributed by atoms with Gasteiger partial charge in [-0.05, 0) is 12.1 Å². The highest BCUT2D eigenvalue weighted by atomic mass is 35.5. The van der Waals surface area contributed by atoms with Crippen LogP contribution in [0.3, 0.4) is 0 Å². The van der Waals surface area contributed by atoms with Crippen molar-refractivity contribution in [2.45, 2.75) is 5.38 Å². The van der Waals surface area contributed by atoms with Crippen LogP contribution in [0.2, 0.25) is 5.02 Å². The monoisotopic (exact) mass is 306 g/mol. The Labute approximate surface area is 119 Å². The van der Waals surface area contributed by atoms with E-state index in [0.717, 1.165) is 0 Å². The Kier molecular flexibility index (Phi) is 6.01. The van der Waals surface area contributed by atoms with E-state index in [0.29, 0.717) is 0 Å². The molecule has 0 spiro atoms. The number of amides is 1. The topological polar surface area (TPSA) is 81.5 Å². The van der Waals surface area contributed by atoms with Gasteiger partial charge in [-0.2, -0.15) is 0 Å². The van der Waals surface area contributed by atoms with E-state index in [2.05, 4.69) is 5.32 Å². The van der Waals surface area contributed by atoms with E-state index in [-0.39, 0.29) is 29.4 Å². The lowest BCUT2D eigenvalue weighted by atomic mass is 10.1. The second-order valence-electron chi connectivity index (χ2n) is 3.68. The molecule has 104 valence electrons. The number of rotatable bonds is 6. The maximum absolute atomic E-state index is 11.9. The lowest BCUT2D eigenvalue weighted by Crippen LogP contribution is -2.32. The molecule has 0 saturated carbocycles. The fourth-order valence-electron chi connectivity index (χ4n) is 1.39. The van der Waals surface area contributed by atoms with Crippen LogP contribution >= 0.6 is 23.2 Å². The maximum atomic E-state index is 11.9. The predicted octanol–water partition coefficient (Wildman–Crippen LogP) is 2.23. The summed E-state index contributed by atoms with van der Waals surface area (Å²) in [5.41, 5.74) is -0.404. The summed E-state index contributed by atoms with van der Waals surface area (Å²) in [5, 5.41) is 13.1. The number of hydrogen-bond donors (Lipinski definition) is 1. The molecule has 1 amide bonds. The molecule has 0 radical (unpaired) electrons. The zero-order valence-corrected chi connectivity index (χ0v) is 11.6. The molecule has 1 aromatic carbocycles. The fraction of sp³-hybridized carbons (Fsp3) is 0.364. The number of ether oxygens (including phenoxy) is 1. The van der Waals surface area contributed by atoms with Gasteiger partial charge in [-0.3, -0.25) is 14.9 Å². The van der Waals surface area contributed by atoms with Crippen molar-refractivity contribution in [3.8, 4) is 0 Å². The molecule has 19 heavy (non-hydrogen) atoms. The van der Waals surface area contributed by atoms with Crippen molar-refractivity contribution in [2.75, 3.05) is 20.3 Å². The second kappa shape index (κ2) is 7.28. The van der Waals surface area contributed by atoms with Crippen molar-refractivity contribution >= 4 is 34.8 Å². The van der Waals surface area contributed by atoms with Gasteiger partial charge in [0.05, 0.1) is 16.9 Å². The van der Waals surface area contributed by atoms with Gasteiger partial charge in [0.2, 0.25) is 0 Å². The van der Waals surface area contributed by atoms with E-state index in [1.54, 1.807) is 0 Å². The summed E-state index contributed by atoms with van der Waals surface area (Å²) in [7, 11) is 1.49. The third kappa shape index (κ3) is 4.66. The first-order chi connectivity index (χ1) is 8.95. The molecule has 1 N–H and O–H groups in total. The molecule has 1 atom stereocenters. The van der Waals surface area contributed by atoms with Gasteiger partial charge in [-0.15, -0.1) is 11.6 Å². The summed E-state index contributed by atoms with van der Waals surface area (Å²) >= 11 is 11.6. The van der Waals surface area contributed by atoms with E-state index in [1.165, 1.54) is 25.3 Å². The van der Waals surface area contributed by atoms with Crippen LogP contribution in [0.15, 0.2) is 18.2 Å². The summed E-state index contributed by atoms with van der Waals surface area (Å²) in [6, 6.07) is 3.78. The molecule has 0 heterocycles. The Morgan fingerprint density at radius 2 is 2.26 bits per heavy atom. The second-order valence-corrected chi connectivity index (χ2v) is 4.73. The Morgan fingerprint density at radius 1 is 1.58 bits per heavy atom. The number of hydrogen-bond acceptors (Lipinski definition) is 4. The number of benzene rings is 1. The quantitative estimate of drug-likeness (QED) is 0.496. The zero-order chi connectivity index (χ0) is 14.4. The number of nitrogens with zero attached hydrogens (tertiary/aromatic N) is 1. The average molecular weight is 307 g/mol.